The van der Waals surface area contributed by atoms with E-state index in [-0.39, 0.29) is 31.6 Å². The quantitative estimate of drug-likeness (QED) is 0.150. The van der Waals surface area contributed by atoms with E-state index < -0.39 is 53.8 Å². The zero-order valence-corrected chi connectivity index (χ0v) is 23.2. The highest BCUT2D eigenvalue weighted by atomic mass is 32.2. The average molecular weight is 563 g/mol. The number of rotatable bonds is 16. The number of aliphatic carboxylic acids is 1. The van der Waals surface area contributed by atoms with Crippen molar-refractivity contribution in [1.29, 1.82) is 0 Å². The van der Waals surface area contributed by atoms with Crippen LogP contribution >= 0.6 is 11.8 Å². The van der Waals surface area contributed by atoms with Gasteiger partial charge >= 0.3 is 5.97 Å². The van der Waals surface area contributed by atoms with Gasteiger partial charge in [-0.2, -0.15) is 11.8 Å². The van der Waals surface area contributed by atoms with E-state index in [0.29, 0.717) is 5.75 Å². The fourth-order valence-electron chi connectivity index (χ4n) is 3.98. The van der Waals surface area contributed by atoms with Crippen molar-refractivity contribution < 1.29 is 29.1 Å². The zero-order chi connectivity index (χ0) is 29.1. The summed E-state index contributed by atoms with van der Waals surface area (Å²) in [4.78, 5) is 65.2. The van der Waals surface area contributed by atoms with E-state index in [1.165, 1.54) is 11.8 Å². The minimum absolute atomic E-state index is 0.0197. The number of carbonyl (C=O) groups is 5. The Hall–Kier alpha value is -3.58. The highest BCUT2D eigenvalue weighted by Crippen LogP contribution is 2.19. The molecule has 0 aliphatic carbocycles. The molecule has 39 heavy (non-hydrogen) atoms. The Morgan fingerprint density at radius 2 is 1.64 bits per heavy atom. The lowest BCUT2D eigenvalue weighted by Crippen LogP contribution is -2.59. The number of H-pyrrole nitrogens is 1. The SMILES string of the molecule is CSCCC(NC(=O)C(Cc1c[nH]c2ccccc12)NC(=O)C(NC(=O)C(N)CCC(N)=O)C(C)C)C(=O)O. The Bertz CT molecular complexity index is 1170. The number of carboxylic acid groups (broad SMARTS) is 1. The minimum Gasteiger partial charge on any atom is -0.480 e. The number of nitrogens with two attached hydrogens (primary N) is 2. The van der Waals surface area contributed by atoms with Gasteiger partial charge in [0.2, 0.25) is 23.6 Å². The highest BCUT2D eigenvalue weighted by molar-refractivity contribution is 7.98. The first-order valence-corrected chi connectivity index (χ1v) is 14.1. The predicted molar refractivity (Wildman–Crippen MR) is 150 cm³/mol. The summed E-state index contributed by atoms with van der Waals surface area (Å²) >= 11 is 1.45. The molecule has 214 valence electrons. The molecule has 0 radical (unpaired) electrons. The topological polar surface area (TPSA) is 210 Å². The second-order valence-corrected chi connectivity index (χ2v) is 10.6. The van der Waals surface area contributed by atoms with Crippen LogP contribution in [0.25, 0.3) is 10.9 Å². The molecule has 2 aromatic rings. The summed E-state index contributed by atoms with van der Waals surface area (Å²) < 4.78 is 0. The molecule has 0 saturated heterocycles. The Kier molecular flexibility index (Phi) is 12.3. The fraction of sp³-hybridized carbons (Fsp3) is 0.500. The van der Waals surface area contributed by atoms with Crippen LogP contribution < -0.4 is 27.4 Å². The molecule has 0 aliphatic heterocycles. The second-order valence-electron chi connectivity index (χ2n) is 9.65. The number of amides is 4. The first-order valence-electron chi connectivity index (χ1n) is 12.7. The van der Waals surface area contributed by atoms with Crippen LogP contribution in [0.2, 0.25) is 0 Å². The number of primary amides is 1. The molecule has 4 atom stereocenters. The zero-order valence-electron chi connectivity index (χ0n) is 22.4. The van der Waals surface area contributed by atoms with Crippen molar-refractivity contribution >= 4 is 52.3 Å². The molecular weight excluding hydrogens is 524 g/mol. The van der Waals surface area contributed by atoms with Crippen LogP contribution in [0, 0.1) is 5.92 Å². The maximum atomic E-state index is 13.4. The van der Waals surface area contributed by atoms with Crippen molar-refractivity contribution in [2.45, 2.75) is 63.7 Å². The number of benzene rings is 1. The van der Waals surface area contributed by atoms with Gasteiger partial charge in [0, 0.05) is 29.9 Å². The van der Waals surface area contributed by atoms with Gasteiger partial charge in [0.05, 0.1) is 6.04 Å². The van der Waals surface area contributed by atoms with Gasteiger partial charge in [-0.3, -0.25) is 19.2 Å². The molecule has 12 nitrogen and oxygen atoms in total. The highest BCUT2D eigenvalue weighted by Gasteiger charge is 2.32. The summed E-state index contributed by atoms with van der Waals surface area (Å²) in [6.45, 7) is 3.44. The maximum Gasteiger partial charge on any atom is 0.326 e. The van der Waals surface area contributed by atoms with Crippen LogP contribution in [0.15, 0.2) is 30.5 Å². The Balaban J connectivity index is 2.27. The number of nitrogens with one attached hydrogen (secondary N) is 4. The number of carboxylic acids is 1. The lowest BCUT2D eigenvalue weighted by atomic mass is 9.99. The van der Waals surface area contributed by atoms with Gasteiger partial charge in [0.15, 0.2) is 0 Å². The van der Waals surface area contributed by atoms with E-state index in [0.717, 1.165) is 16.5 Å². The smallest absolute Gasteiger partial charge is 0.326 e. The molecule has 0 fully saturated rings. The normalized spacial score (nSPS) is 14.3. The summed E-state index contributed by atoms with van der Waals surface area (Å²) in [5.41, 5.74) is 12.6. The summed E-state index contributed by atoms with van der Waals surface area (Å²) in [6.07, 6.45) is 3.80. The van der Waals surface area contributed by atoms with Crippen LogP contribution in [0.1, 0.15) is 38.7 Å². The van der Waals surface area contributed by atoms with Crippen molar-refractivity contribution in [2.75, 3.05) is 12.0 Å². The maximum absolute atomic E-state index is 13.4. The molecule has 2 rings (SSSR count). The van der Waals surface area contributed by atoms with E-state index in [1.807, 2.05) is 30.5 Å². The number of para-hydroxylation sites is 1. The van der Waals surface area contributed by atoms with Crippen molar-refractivity contribution in [3.05, 3.63) is 36.0 Å². The molecule has 13 heteroatoms. The van der Waals surface area contributed by atoms with Gasteiger partial charge in [-0.25, -0.2) is 4.79 Å². The van der Waals surface area contributed by atoms with Crippen molar-refractivity contribution in [2.24, 2.45) is 17.4 Å². The molecule has 0 saturated carbocycles. The van der Waals surface area contributed by atoms with Crippen LogP contribution in [-0.2, 0) is 30.4 Å². The van der Waals surface area contributed by atoms with Gasteiger partial charge in [-0.1, -0.05) is 32.0 Å². The van der Waals surface area contributed by atoms with E-state index >= 15 is 0 Å². The van der Waals surface area contributed by atoms with Gasteiger partial charge in [0.1, 0.15) is 18.1 Å². The molecule has 9 N–H and O–H groups in total. The number of hydrogen-bond donors (Lipinski definition) is 7. The van der Waals surface area contributed by atoms with Gasteiger partial charge in [0.25, 0.3) is 0 Å². The van der Waals surface area contributed by atoms with Crippen molar-refractivity contribution in [3.8, 4) is 0 Å². The Morgan fingerprint density at radius 1 is 0.974 bits per heavy atom. The minimum atomic E-state index is -1.17. The molecule has 4 amide bonds. The number of carbonyl (C=O) groups excluding carboxylic acids is 4. The van der Waals surface area contributed by atoms with Crippen molar-refractivity contribution in [3.63, 3.8) is 0 Å². The first-order chi connectivity index (χ1) is 18.4. The van der Waals surface area contributed by atoms with Crippen LogP contribution in [-0.4, -0.2) is 75.9 Å². The lowest BCUT2D eigenvalue weighted by Gasteiger charge is -2.27. The van der Waals surface area contributed by atoms with Gasteiger partial charge < -0.3 is 37.5 Å². The third-order valence-corrected chi connectivity index (χ3v) is 6.89. The number of aromatic nitrogens is 1. The third kappa shape index (κ3) is 9.59. The fourth-order valence-corrected chi connectivity index (χ4v) is 4.45. The Labute approximate surface area is 231 Å². The number of fused-ring (bicyclic) bond motifs is 1. The first kappa shape index (κ1) is 31.6. The molecule has 4 unspecified atom stereocenters. The summed E-state index contributed by atoms with van der Waals surface area (Å²) in [7, 11) is 0. The molecular formula is C26H38N6O6S. The van der Waals surface area contributed by atoms with Gasteiger partial charge in [-0.15, -0.1) is 0 Å². The standard InChI is InChI=1S/C26H38N6O6S/c1-14(2)22(32-23(34)17(27)8-9-21(28)33)25(36)31-20(24(35)30-19(26(37)38)10-11-39-3)12-15-13-29-18-7-5-4-6-16(15)18/h4-7,13-14,17,19-20,22,29H,8-12,27H2,1-3H3,(H2,28,33)(H,30,35)(H,31,36)(H,32,34)(H,37,38). The van der Waals surface area contributed by atoms with E-state index in [4.69, 9.17) is 11.5 Å². The lowest BCUT2D eigenvalue weighted by molar-refractivity contribution is -0.142. The van der Waals surface area contributed by atoms with E-state index in [2.05, 4.69) is 20.9 Å². The number of hydrogen-bond acceptors (Lipinski definition) is 7. The summed E-state index contributed by atoms with van der Waals surface area (Å²) in [5, 5.41) is 18.3. The van der Waals surface area contributed by atoms with Crippen LogP contribution in [0.3, 0.4) is 0 Å². The van der Waals surface area contributed by atoms with Gasteiger partial charge in [-0.05, 0) is 42.4 Å². The average Bonchev–Trinajstić information content (AvgIpc) is 3.29. The second kappa shape index (κ2) is 15.1. The number of aromatic amines is 1. The van der Waals surface area contributed by atoms with E-state index in [9.17, 15) is 29.1 Å². The molecule has 0 spiro atoms. The molecule has 0 bridgehead atoms. The van der Waals surface area contributed by atoms with Crippen LogP contribution in [0.5, 0.6) is 0 Å². The molecule has 1 aromatic heterocycles. The molecule has 0 aliphatic rings. The summed E-state index contributed by atoms with van der Waals surface area (Å²) in [5.74, 6) is -3.54. The van der Waals surface area contributed by atoms with Crippen LogP contribution in [0.4, 0.5) is 0 Å². The Morgan fingerprint density at radius 3 is 2.26 bits per heavy atom. The predicted octanol–water partition coefficient (Wildman–Crippen LogP) is 0.251. The third-order valence-electron chi connectivity index (χ3n) is 6.24. The largest absolute Gasteiger partial charge is 0.480 e. The molecule has 1 aromatic carbocycles. The monoisotopic (exact) mass is 562 g/mol. The number of thioether (sulfide) groups is 1. The summed E-state index contributed by atoms with van der Waals surface area (Å²) in [6, 6.07) is 3.11. The molecule has 1 heterocycles. The van der Waals surface area contributed by atoms with E-state index in [1.54, 1.807) is 20.0 Å². The van der Waals surface area contributed by atoms with Crippen molar-refractivity contribution in [1.82, 2.24) is 20.9 Å².